The lowest BCUT2D eigenvalue weighted by Gasteiger charge is -2.12. The number of rotatable bonds is 14. The van der Waals surface area contributed by atoms with Crippen LogP contribution in [0, 0.1) is 0 Å². The van der Waals surface area contributed by atoms with Crippen molar-refractivity contribution in [3.63, 3.8) is 0 Å². The minimum atomic E-state index is 0.608. The Morgan fingerprint density at radius 1 is 0.164 bits per heavy atom. The van der Waals surface area contributed by atoms with Gasteiger partial charge >= 0.3 is 0 Å². The largest absolute Gasteiger partial charge is 0.309 e. The smallest absolute Gasteiger partial charge is 0.161 e. The molecule has 0 bridgehead atoms. The first-order valence-electron chi connectivity index (χ1n) is 36.5. The molecule has 0 amide bonds. The van der Waals surface area contributed by atoms with Gasteiger partial charge in [0.15, 0.2) is 11.6 Å². The van der Waals surface area contributed by atoms with E-state index in [2.05, 4.69) is 240 Å². The Kier molecular flexibility index (Phi) is 17.3. The number of fused-ring (bicyclic) bond motifs is 6. The van der Waals surface area contributed by atoms with Crippen LogP contribution in [-0.2, 0) is 0 Å². The van der Waals surface area contributed by atoms with Gasteiger partial charge in [-0.1, -0.05) is 255 Å². The van der Waals surface area contributed by atoms with Crippen LogP contribution in [0.2, 0.25) is 0 Å². The van der Waals surface area contributed by atoms with Crippen molar-refractivity contribution < 1.29 is 0 Å². The van der Waals surface area contributed by atoms with Crippen molar-refractivity contribution in [2.75, 3.05) is 0 Å². The number of pyridine rings is 6. The first-order chi connectivity index (χ1) is 54.5. The second-order valence-corrected chi connectivity index (χ2v) is 26.8. The van der Waals surface area contributed by atoms with Gasteiger partial charge in [-0.2, -0.15) is 0 Å². The molecule has 0 saturated heterocycles. The Labute approximate surface area is 634 Å². The molecule has 0 aliphatic carbocycles. The molecule has 10 heterocycles. The number of hydrogen-bond donors (Lipinski definition) is 0. The van der Waals surface area contributed by atoms with E-state index in [1.807, 2.05) is 158 Å². The maximum atomic E-state index is 5.19. The normalized spacial score (nSPS) is 11.3. The van der Waals surface area contributed by atoms with E-state index in [4.69, 9.17) is 49.8 Å². The number of aromatic nitrogens is 12. The van der Waals surface area contributed by atoms with Gasteiger partial charge in [-0.05, 0) is 131 Å². The predicted molar refractivity (Wildman–Crippen MR) is 445 cm³/mol. The molecular formula is C98H64N12. The van der Waals surface area contributed by atoms with E-state index >= 15 is 0 Å². The lowest BCUT2D eigenvalue weighted by Crippen LogP contribution is -1.98. The molecule has 20 rings (SSSR count). The van der Waals surface area contributed by atoms with Crippen molar-refractivity contribution in [1.29, 1.82) is 0 Å². The monoisotopic (exact) mass is 1410 g/mol. The zero-order valence-corrected chi connectivity index (χ0v) is 59.3. The van der Waals surface area contributed by atoms with Gasteiger partial charge in [0.1, 0.15) is 0 Å². The maximum absolute atomic E-state index is 5.19. The summed E-state index contributed by atoms with van der Waals surface area (Å²) in [5.74, 6) is 1.22. The quantitative estimate of drug-likeness (QED) is 0.103. The van der Waals surface area contributed by atoms with E-state index in [1.165, 1.54) is 21.5 Å². The minimum Gasteiger partial charge on any atom is -0.309 e. The summed E-state index contributed by atoms with van der Waals surface area (Å²) in [6.45, 7) is 0. The molecule has 0 spiro atoms. The van der Waals surface area contributed by atoms with Crippen molar-refractivity contribution in [3.8, 4) is 147 Å². The lowest BCUT2D eigenvalue weighted by molar-refractivity contribution is 1.13. The van der Waals surface area contributed by atoms with Crippen LogP contribution in [0.5, 0.6) is 0 Å². The highest BCUT2D eigenvalue weighted by Crippen LogP contribution is 2.39. The highest BCUT2D eigenvalue weighted by Gasteiger charge is 2.20. The maximum Gasteiger partial charge on any atom is 0.161 e. The molecule has 0 fully saturated rings. The van der Waals surface area contributed by atoms with Crippen LogP contribution >= 0.6 is 0 Å². The van der Waals surface area contributed by atoms with Gasteiger partial charge in [0.05, 0.1) is 102 Å². The lowest BCUT2D eigenvalue weighted by atomic mass is 10.0. The summed E-state index contributed by atoms with van der Waals surface area (Å²) in [5.41, 5.74) is 26.0. The first kappa shape index (κ1) is 65.6. The standard InChI is InChI=1S/2C49H32N6/c1-4-14-33(15-5-1)37-28-45(52-46(29-37)42-27-25-38(32-51-42)55-47-22-12-10-20-39(47)40-21-11-13-23-48(40)55)41-26-24-36(31-50-41)49-53-43(34-16-6-2-7-17-34)30-44(54-49)35-18-8-3-9-19-35;1-4-14-33(15-5-1)37-28-45(52-46(29-37)44-30-38(26-27-50-44)55-47-22-12-10-20-39(47)40-21-11-13-23-48(40)55)41-25-24-36(32-51-41)49-53-42(34-16-6-2-7-17-34)31-43(54-49)35-18-8-3-9-19-35/h2*1-32H. The van der Waals surface area contributed by atoms with Crippen molar-refractivity contribution in [2.45, 2.75) is 0 Å². The van der Waals surface area contributed by atoms with E-state index in [0.717, 1.165) is 157 Å². The molecule has 12 heteroatoms. The molecule has 0 saturated carbocycles. The number of nitrogens with zero attached hydrogens (tertiary/aromatic N) is 12. The van der Waals surface area contributed by atoms with Crippen LogP contribution in [0.25, 0.3) is 191 Å². The van der Waals surface area contributed by atoms with Crippen LogP contribution in [0.4, 0.5) is 0 Å². The van der Waals surface area contributed by atoms with Crippen LogP contribution in [-0.4, -0.2) is 59.0 Å². The zero-order valence-electron chi connectivity index (χ0n) is 59.3. The van der Waals surface area contributed by atoms with E-state index in [1.54, 1.807) is 0 Å². The number of hydrogen-bond acceptors (Lipinski definition) is 10. The van der Waals surface area contributed by atoms with Crippen LogP contribution in [0.15, 0.2) is 389 Å². The molecule has 12 nitrogen and oxygen atoms in total. The van der Waals surface area contributed by atoms with Gasteiger partial charge in [0.2, 0.25) is 0 Å². The average Bonchev–Trinajstić information content (AvgIpc) is 1.59. The molecule has 110 heavy (non-hydrogen) atoms. The fraction of sp³-hybridized carbons (Fsp3) is 0. The second-order valence-electron chi connectivity index (χ2n) is 26.8. The summed E-state index contributed by atoms with van der Waals surface area (Å²) < 4.78 is 4.57. The fourth-order valence-corrected chi connectivity index (χ4v) is 14.5. The highest BCUT2D eigenvalue weighted by molar-refractivity contribution is 6.10. The molecule has 0 atom stereocenters. The van der Waals surface area contributed by atoms with Crippen molar-refractivity contribution >= 4 is 43.6 Å². The van der Waals surface area contributed by atoms with Crippen LogP contribution < -0.4 is 0 Å². The molecule has 0 aliphatic heterocycles. The van der Waals surface area contributed by atoms with Gasteiger partial charge in [0.25, 0.3) is 0 Å². The molecule has 10 aromatic carbocycles. The van der Waals surface area contributed by atoms with E-state index in [-0.39, 0.29) is 0 Å². The van der Waals surface area contributed by atoms with Gasteiger partial charge in [-0.25, -0.2) is 29.9 Å². The molecule has 0 aliphatic rings. The van der Waals surface area contributed by atoms with Gasteiger partial charge in [-0.3, -0.25) is 19.9 Å². The third kappa shape index (κ3) is 13.1. The van der Waals surface area contributed by atoms with Crippen molar-refractivity contribution in [2.24, 2.45) is 0 Å². The molecule has 516 valence electrons. The van der Waals surface area contributed by atoms with E-state index in [0.29, 0.717) is 11.6 Å². The molecule has 0 radical (unpaired) electrons. The number of benzene rings is 10. The third-order valence-electron chi connectivity index (χ3n) is 19.9. The summed E-state index contributed by atoms with van der Waals surface area (Å²) in [6, 6.07) is 124. The zero-order chi connectivity index (χ0) is 73.1. The van der Waals surface area contributed by atoms with Crippen molar-refractivity contribution in [3.05, 3.63) is 389 Å². The Balaban J connectivity index is 0.000000149. The summed E-state index contributed by atoms with van der Waals surface area (Å²) in [4.78, 5) is 50.1. The summed E-state index contributed by atoms with van der Waals surface area (Å²) in [7, 11) is 0. The summed E-state index contributed by atoms with van der Waals surface area (Å²) >= 11 is 0. The van der Waals surface area contributed by atoms with E-state index < -0.39 is 0 Å². The van der Waals surface area contributed by atoms with Crippen molar-refractivity contribution in [1.82, 2.24) is 59.0 Å². The summed E-state index contributed by atoms with van der Waals surface area (Å²) in [6.07, 6.45) is 7.48. The minimum absolute atomic E-state index is 0.608. The van der Waals surface area contributed by atoms with Gasteiger partial charge in [-0.15, -0.1) is 0 Å². The SMILES string of the molecule is c1ccc(-c2cc(-c3ccc(-c4nc(-c5ccccc5)cc(-c5ccccc5)n4)cn3)nc(-c3cc(-n4c5ccccc5c5ccccc54)ccn3)c2)cc1.c1ccc(-c2cc(-c3ccc(-c4nc(-c5ccccc5)cc(-c5ccccc5)n4)cn3)nc(-c3ccc(-n4c5ccccc5c5ccccc54)cn3)c2)cc1. The number of para-hydroxylation sites is 4. The third-order valence-corrected chi connectivity index (χ3v) is 19.9. The topological polar surface area (TPSA) is 139 Å². The van der Waals surface area contributed by atoms with Gasteiger partial charge < -0.3 is 9.13 Å². The predicted octanol–water partition coefficient (Wildman–Crippen LogP) is 23.5. The Morgan fingerprint density at radius 3 is 0.791 bits per heavy atom. The Bertz CT molecular complexity index is 6500. The molecular weight excluding hydrogens is 1350 g/mol. The van der Waals surface area contributed by atoms with Gasteiger partial charge in [0, 0.05) is 79.2 Å². The fourth-order valence-electron chi connectivity index (χ4n) is 14.5. The molecule has 10 aromatic heterocycles. The first-order valence-corrected chi connectivity index (χ1v) is 36.5. The Morgan fingerprint density at radius 2 is 0.464 bits per heavy atom. The van der Waals surface area contributed by atoms with Crippen LogP contribution in [0.3, 0.4) is 0 Å². The molecule has 20 aromatic rings. The highest BCUT2D eigenvalue weighted by atomic mass is 15.0. The second kappa shape index (κ2) is 29.1. The molecule has 0 unspecified atom stereocenters. The summed E-state index contributed by atoms with van der Waals surface area (Å²) in [5, 5.41) is 4.86. The van der Waals surface area contributed by atoms with Crippen LogP contribution in [0.1, 0.15) is 0 Å². The Hall–Kier alpha value is -15.1. The molecule has 0 N–H and O–H groups in total. The van der Waals surface area contributed by atoms with E-state index in [9.17, 15) is 0 Å². The average molecular weight is 1410 g/mol.